The predicted octanol–water partition coefficient (Wildman–Crippen LogP) is -0.132. The normalized spacial score (nSPS) is 22.5. The molecule has 2 aromatic heterocycles. The SMILES string of the molecule is CC(C)c1cc(N2CCN3CCNC(=O)C3C2)c2nncn2n1. The van der Waals surface area contributed by atoms with Crippen LogP contribution in [-0.4, -0.2) is 69.4 Å². The van der Waals surface area contributed by atoms with Crippen LogP contribution in [0.15, 0.2) is 12.4 Å². The zero-order valence-electron chi connectivity index (χ0n) is 13.4. The van der Waals surface area contributed by atoms with Crippen LogP contribution in [0.5, 0.6) is 0 Å². The second-order valence-corrected chi connectivity index (χ2v) is 6.50. The van der Waals surface area contributed by atoms with Crippen molar-refractivity contribution >= 4 is 17.2 Å². The summed E-state index contributed by atoms with van der Waals surface area (Å²) >= 11 is 0. The number of hydrogen-bond donors (Lipinski definition) is 1. The second-order valence-electron chi connectivity index (χ2n) is 6.50. The molecule has 1 N–H and O–H groups in total. The molecule has 2 fully saturated rings. The Kier molecular flexibility index (Phi) is 3.41. The Morgan fingerprint density at radius 3 is 3.00 bits per heavy atom. The molecule has 8 nitrogen and oxygen atoms in total. The highest BCUT2D eigenvalue weighted by Crippen LogP contribution is 2.26. The van der Waals surface area contributed by atoms with Gasteiger partial charge in [0, 0.05) is 32.7 Å². The van der Waals surface area contributed by atoms with Gasteiger partial charge in [-0.3, -0.25) is 9.69 Å². The minimum Gasteiger partial charge on any atom is -0.365 e. The molecule has 0 bridgehead atoms. The fourth-order valence-electron chi connectivity index (χ4n) is 3.34. The van der Waals surface area contributed by atoms with E-state index in [1.165, 1.54) is 0 Å². The summed E-state index contributed by atoms with van der Waals surface area (Å²) in [5.74, 6) is 0.441. The third-order valence-corrected chi connectivity index (χ3v) is 4.69. The monoisotopic (exact) mass is 315 g/mol. The van der Waals surface area contributed by atoms with Crippen LogP contribution < -0.4 is 10.2 Å². The van der Waals surface area contributed by atoms with Crippen molar-refractivity contribution in [2.24, 2.45) is 0 Å². The van der Waals surface area contributed by atoms with Gasteiger partial charge in [0.25, 0.3) is 0 Å². The lowest BCUT2D eigenvalue weighted by Gasteiger charge is -2.43. The van der Waals surface area contributed by atoms with Gasteiger partial charge in [-0.1, -0.05) is 13.8 Å². The number of hydrogen-bond acceptors (Lipinski definition) is 6. The Balaban J connectivity index is 1.71. The zero-order chi connectivity index (χ0) is 16.0. The van der Waals surface area contributed by atoms with Crippen LogP contribution in [0.3, 0.4) is 0 Å². The van der Waals surface area contributed by atoms with Gasteiger partial charge in [0.05, 0.1) is 11.4 Å². The maximum absolute atomic E-state index is 12.2. The number of nitrogens with one attached hydrogen (secondary N) is 1. The molecule has 2 aromatic rings. The molecule has 1 amide bonds. The van der Waals surface area contributed by atoms with E-state index in [4.69, 9.17) is 0 Å². The molecule has 2 saturated heterocycles. The van der Waals surface area contributed by atoms with E-state index in [2.05, 4.69) is 50.3 Å². The van der Waals surface area contributed by atoms with Gasteiger partial charge in [-0.2, -0.15) is 9.61 Å². The highest BCUT2D eigenvalue weighted by atomic mass is 16.2. The highest BCUT2D eigenvalue weighted by molar-refractivity contribution is 5.84. The van der Waals surface area contributed by atoms with Crippen molar-refractivity contribution in [2.75, 3.05) is 37.6 Å². The first-order valence-corrected chi connectivity index (χ1v) is 8.11. The quantitative estimate of drug-likeness (QED) is 0.832. The summed E-state index contributed by atoms with van der Waals surface area (Å²) < 4.78 is 1.73. The van der Waals surface area contributed by atoms with Gasteiger partial charge in [0.15, 0.2) is 0 Å². The summed E-state index contributed by atoms with van der Waals surface area (Å²) in [4.78, 5) is 16.7. The Morgan fingerprint density at radius 2 is 2.17 bits per heavy atom. The molecular formula is C15H21N7O. The second kappa shape index (κ2) is 5.45. The molecule has 8 heteroatoms. The summed E-state index contributed by atoms with van der Waals surface area (Å²) in [7, 11) is 0. The molecule has 23 heavy (non-hydrogen) atoms. The third-order valence-electron chi connectivity index (χ3n) is 4.69. The first-order valence-electron chi connectivity index (χ1n) is 8.11. The lowest BCUT2D eigenvalue weighted by molar-refractivity contribution is -0.129. The van der Waals surface area contributed by atoms with Crippen LogP contribution in [0.25, 0.3) is 5.65 Å². The largest absolute Gasteiger partial charge is 0.365 e. The average Bonchev–Trinajstić information content (AvgIpc) is 3.02. The zero-order valence-corrected chi connectivity index (χ0v) is 13.4. The van der Waals surface area contributed by atoms with Gasteiger partial charge in [-0.25, -0.2) is 0 Å². The molecule has 0 aliphatic carbocycles. The first-order chi connectivity index (χ1) is 11.1. The minimum absolute atomic E-state index is 0.0869. The van der Waals surface area contributed by atoms with E-state index in [-0.39, 0.29) is 11.9 Å². The van der Waals surface area contributed by atoms with Gasteiger partial charge >= 0.3 is 0 Å². The molecule has 4 rings (SSSR count). The van der Waals surface area contributed by atoms with Crippen LogP contribution in [0.1, 0.15) is 25.5 Å². The fourth-order valence-corrected chi connectivity index (χ4v) is 3.34. The molecule has 122 valence electrons. The maximum Gasteiger partial charge on any atom is 0.239 e. The summed E-state index contributed by atoms with van der Waals surface area (Å²) in [5, 5.41) is 15.7. The van der Waals surface area contributed by atoms with Crippen molar-refractivity contribution in [3.05, 3.63) is 18.1 Å². The number of nitrogens with zero attached hydrogens (tertiary/aromatic N) is 6. The average molecular weight is 315 g/mol. The fraction of sp³-hybridized carbons (Fsp3) is 0.600. The van der Waals surface area contributed by atoms with E-state index in [9.17, 15) is 4.79 Å². The number of anilines is 1. The molecule has 0 saturated carbocycles. The van der Waals surface area contributed by atoms with Crippen molar-refractivity contribution in [1.82, 2.24) is 30.0 Å². The molecule has 4 heterocycles. The number of piperazine rings is 2. The first kappa shape index (κ1) is 14.4. The van der Waals surface area contributed by atoms with Gasteiger partial charge in [-0.15, -0.1) is 10.2 Å². The lowest BCUT2D eigenvalue weighted by atomic mass is 10.1. The molecular weight excluding hydrogens is 294 g/mol. The van der Waals surface area contributed by atoms with Crippen molar-refractivity contribution in [3.8, 4) is 0 Å². The topological polar surface area (TPSA) is 78.7 Å². The molecule has 0 radical (unpaired) electrons. The molecule has 1 atom stereocenters. The van der Waals surface area contributed by atoms with Gasteiger partial charge < -0.3 is 10.2 Å². The Labute approximate surface area is 134 Å². The number of amides is 1. The molecule has 2 aliphatic rings. The van der Waals surface area contributed by atoms with Crippen LogP contribution in [-0.2, 0) is 4.79 Å². The van der Waals surface area contributed by atoms with Crippen molar-refractivity contribution < 1.29 is 4.79 Å². The van der Waals surface area contributed by atoms with E-state index in [1.807, 2.05) is 0 Å². The number of aromatic nitrogens is 4. The molecule has 2 aliphatic heterocycles. The summed E-state index contributed by atoms with van der Waals surface area (Å²) in [5.41, 5.74) is 2.76. The number of carbonyl (C=O) groups is 1. The van der Waals surface area contributed by atoms with Crippen LogP contribution in [0.4, 0.5) is 5.69 Å². The Morgan fingerprint density at radius 1 is 1.30 bits per heavy atom. The predicted molar refractivity (Wildman–Crippen MR) is 85.5 cm³/mol. The van der Waals surface area contributed by atoms with Crippen molar-refractivity contribution in [2.45, 2.75) is 25.8 Å². The smallest absolute Gasteiger partial charge is 0.239 e. The van der Waals surface area contributed by atoms with Crippen LogP contribution in [0.2, 0.25) is 0 Å². The van der Waals surface area contributed by atoms with E-state index >= 15 is 0 Å². The van der Waals surface area contributed by atoms with E-state index in [0.717, 1.165) is 43.2 Å². The Hall–Kier alpha value is -2.22. The van der Waals surface area contributed by atoms with Crippen LogP contribution >= 0.6 is 0 Å². The summed E-state index contributed by atoms with van der Waals surface area (Å²) in [6.45, 7) is 8.36. The number of rotatable bonds is 2. The van der Waals surface area contributed by atoms with Gasteiger partial charge in [-0.05, 0) is 12.0 Å². The molecule has 0 aromatic carbocycles. The third kappa shape index (κ3) is 2.42. The van der Waals surface area contributed by atoms with Gasteiger partial charge in [0.2, 0.25) is 11.6 Å². The highest BCUT2D eigenvalue weighted by Gasteiger charge is 2.35. The van der Waals surface area contributed by atoms with E-state index in [1.54, 1.807) is 10.8 Å². The van der Waals surface area contributed by atoms with E-state index in [0.29, 0.717) is 12.5 Å². The van der Waals surface area contributed by atoms with Crippen molar-refractivity contribution in [3.63, 3.8) is 0 Å². The standard InChI is InChI=1S/C15H21N7O/c1-10(2)11-7-12(14-18-17-9-22(14)19-11)21-6-5-20-4-3-16-15(23)13(20)8-21/h7,9-10,13H,3-6,8H2,1-2H3,(H,16,23). The lowest BCUT2D eigenvalue weighted by Crippen LogP contribution is -2.64. The number of fused-ring (bicyclic) bond motifs is 2. The van der Waals surface area contributed by atoms with Gasteiger partial charge in [0.1, 0.15) is 12.4 Å². The van der Waals surface area contributed by atoms with Crippen LogP contribution in [0, 0.1) is 0 Å². The summed E-state index contributed by atoms with van der Waals surface area (Å²) in [6.07, 6.45) is 1.63. The maximum atomic E-state index is 12.2. The van der Waals surface area contributed by atoms with E-state index < -0.39 is 0 Å². The molecule has 1 unspecified atom stereocenters. The Bertz CT molecular complexity index is 741. The number of carbonyl (C=O) groups excluding carboxylic acids is 1. The van der Waals surface area contributed by atoms with Crippen molar-refractivity contribution in [1.29, 1.82) is 0 Å². The minimum atomic E-state index is -0.0869. The summed E-state index contributed by atoms with van der Waals surface area (Å²) in [6, 6.07) is 2.00. The molecule has 0 spiro atoms.